The lowest BCUT2D eigenvalue weighted by atomic mass is 9.87. The predicted molar refractivity (Wildman–Crippen MR) is 79.5 cm³/mol. The Morgan fingerprint density at radius 2 is 2.11 bits per heavy atom. The maximum atomic E-state index is 6.16. The molecule has 96 valence electrons. The quantitative estimate of drug-likeness (QED) is 0.746. The molecule has 0 radical (unpaired) electrons. The number of allylic oxidation sites excluding steroid dienone is 5. The summed E-state index contributed by atoms with van der Waals surface area (Å²) in [6.45, 7) is 2.10. The molecule has 0 bridgehead atoms. The van der Waals surface area contributed by atoms with Crippen LogP contribution in [-0.4, -0.2) is 6.10 Å². The van der Waals surface area contributed by atoms with Crippen LogP contribution in [0.4, 0.5) is 0 Å². The molecule has 1 aromatic carbocycles. The van der Waals surface area contributed by atoms with E-state index in [0.717, 1.165) is 12.2 Å². The highest BCUT2D eigenvalue weighted by atomic mass is 35.5. The number of ether oxygens (including phenoxy) is 1. The Hall–Kier alpha value is -1.73. The van der Waals surface area contributed by atoms with Crippen molar-refractivity contribution >= 4 is 11.6 Å². The minimum atomic E-state index is -0.0511. The number of halogens is 1. The van der Waals surface area contributed by atoms with Crippen molar-refractivity contribution < 1.29 is 4.74 Å². The summed E-state index contributed by atoms with van der Waals surface area (Å²) < 4.78 is 6.07. The Labute approximate surface area is 118 Å². The van der Waals surface area contributed by atoms with E-state index in [4.69, 9.17) is 16.3 Å². The lowest BCUT2D eigenvalue weighted by Gasteiger charge is -2.26. The minimum Gasteiger partial charge on any atom is -0.480 e. The first-order chi connectivity index (χ1) is 9.24. The Kier molecular flexibility index (Phi) is 3.31. The van der Waals surface area contributed by atoms with E-state index < -0.39 is 0 Å². The number of para-hydroxylation sites is 1. The topological polar surface area (TPSA) is 9.23 Å². The van der Waals surface area contributed by atoms with E-state index in [0.29, 0.717) is 5.02 Å². The van der Waals surface area contributed by atoms with Gasteiger partial charge in [0.25, 0.3) is 0 Å². The highest BCUT2D eigenvalue weighted by Crippen LogP contribution is 2.33. The SMILES string of the molecule is CC1=CC(Oc2ccccc2Cl)C2=CC=CCC2=C1. The molecular formula is C17H15ClO. The average Bonchev–Trinajstić information content (AvgIpc) is 2.41. The molecule has 0 fully saturated rings. The monoisotopic (exact) mass is 270 g/mol. The Morgan fingerprint density at radius 1 is 1.26 bits per heavy atom. The molecule has 0 saturated heterocycles. The van der Waals surface area contributed by atoms with Gasteiger partial charge >= 0.3 is 0 Å². The molecule has 0 N–H and O–H groups in total. The Balaban J connectivity index is 1.92. The first kappa shape index (κ1) is 12.3. The molecule has 0 aromatic heterocycles. The first-order valence-corrected chi connectivity index (χ1v) is 6.79. The van der Waals surface area contributed by atoms with Crippen LogP contribution in [-0.2, 0) is 0 Å². The summed E-state index contributed by atoms with van der Waals surface area (Å²) in [5.41, 5.74) is 3.80. The third kappa shape index (κ3) is 2.52. The summed E-state index contributed by atoms with van der Waals surface area (Å²) in [5, 5.41) is 0.650. The van der Waals surface area contributed by atoms with Gasteiger partial charge in [-0.1, -0.05) is 53.6 Å². The van der Waals surface area contributed by atoms with E-state index in [-0.39, 0.29) is 6.10 Å². The van der Waals surface area contributed by atoms with Crippen LogP contribution in [0.15, 0.2) is 71.4 Å². The fourth-order valence-electron chi connectivity index (χ4n) is 2.44. The summed E-state index contributed by atoms with van der Waals surface area (Å²) >= 11 is 6.16. The molecule has 1 unspecified atom stereocenters. The first-order valence-electron chi connectivity index (χ1n) is 6.41. The minimum absolute atomic E-state index is 0.0511. The smallest absolute Gasteiger partial charge is 0.143 e. The molecule has 0 saturated carbocycles. The second kappa shape index (κ2) is 5.10. The second-order valence-corrected chi connectivity index (χ2v) is 5.21. The summed E-state index contributed by atoms with van der Waals surface area (Å²) in [5.74, 6) is 0.731. The van der Waals surface area contributed by atoms with Gasteiger partial charge in [-0.25, -0.2) is 0 Å². The van der Waals surface area contributed by atoms with E-state index >= 15 is 0 Å². The molecule has 2 heteroatoms. The molecular weight excluding hydrogens is 256 g/mol. The van der Waals surface area contributed by atoms with Gasteiger partial charge in [0.05, 0.1) is 5.02 Å². The molecule has 0 spiro atoms. The molecule has 1 nitrogen and oxygen atoms in total. The maximum absolute atomic E-state index is 6.16. The molecule has 2 aliphatic rings. The lowest BCUT2D eigenvalue weighted by molar-refractivity contribution is 0.284. The van der Waals surface area contributed by atoms with Crippen LogP contribution in [0.1, 0.15) is 13.3 Å². The van der Waals surface area contributed by atoms with Crippen LogP contribution in [0.25, 0.3) is 0 Å². The fraction of sp³-hybridized carbons (Fsp3) is 0.176. The fourth-order valence-corrected chi connectivity index (χ4v) is 2.62. The van der Waals surface area contributed by atoms with Crippen molar-refractivity contribution in [3.05, 3.63) is 76.4 Å². The zero-order chi connectivity index (χ0) is 13.2. The molecule has 19 heavy (non-hydrogen) atoms. The van der Waals surface area contributed by atoms with Gasteiger partial charge in [-0.05, 0) is 42.7 Å². The summed E-state index contributed by atoms with van der Waals surface area (Å²) in [4.78, 5) is 0. The molecule has 0 aliphatic heterocycles. The van der Waals surface area contributed by atoms with Gasteiger partial charge in [-0.3, -0.25) is 0 Å². The van der Waals surface area contributed by atoms with Gasteiger partial charge in [-0.2, -0.15) is 0 Å². The van der Waals surface area contributed by atoms with Crippen molar-refractivity contribution in [2.45, 2.75) is 19.4 Å². The summed E-state index contributed by atoms with van der Waals surface area (Å²) in [7, 11) is 0. The highest BCUT2D eigenvalue weighted by Gasteiger charge is 2.22. The van der Waals surface area contributed by atoms with E-state index in [1.165, 1.54) is 16.7 Å². The van der Waals surface area contributed by atoms with E-state index in [2.05, 4.69) is 37.3 Å². The second-order valence-electron chi connectivity index (χ2n) is 4.80. The number of fused-ring (bicyclic) bond motifs is 1. The van der Waals surface area contributed by atoms with Crippen LogP contribution >= 0.6 is 11.6 Å². The summed E-state index contributed by atoms with van der Waals surface area (Å²) in [6.07, 6.45) is 11.7. The zero-order valence-corrected chi connectivity index (χ0v) is 11.5. The molecule has 1 atom stereocenters. The highest BCUT2D eigenvalue weighted by molar-refractivity contribution is 6.32. The number of rotatable bonds is 2. The van der Waals surface area contributed by atoms with E-state index in [1.807, 2.05) is 24.3 Å². The van der Waals surface area contributed by atoms with Crippen LogP contribution in [0.3, 0.4) is 0 Å². The van der Waals surface area contributed by atoms with Gasteiger partial charge < -0.3 is 4.74 Å². The molecule has 1 aromatic rings. The van der Waals surface area contributed by atoms with Crippen molar-refractivity contribution in [2.24, 2.45) is 0 Å². The Morgan fingerprint density at radius 3 is 2.95 bits per heavy atom. The van der Waals surface area contributed by atoms with Crippen molar-refractivity contribution in [1.29, 1.82) is 0 Å². The molecule has 3 rings (SSSR count). The van der Waals surface area contributed by atoms with Crippen molar-refractivity contribution in [3.63, 3.8) is 0 Å². The number of benzene rings is 1. The average molecular weight is 271 g/mol. The largest absolute Gasteiger partial charge is 0.480 e. The van der Waals surface area contributed by atoms with Crippen molar-refractivity contribution in [2.75, 3.05) is 0 Å². The van der Waals surface area contributed by atoms with Crippen LogP contribution in [0.2, 0.25) is 5.02 Å². The van der Waals surface area contributed by atoms with Gasteiger partial charge in [0.15, 0.2) is 0 Å². The normalized spacial score (nSPS) is 21.2. The van der Waals surface area contributed by atoms with Gasteiger partial charge in [-0.15, -0.1) is 0 Å². The summed E-state index contributed by atoms with van der Waals surface area (Å²) in [6, 6.07) is 7.60. The standard InChI is InChI=1S/C17H15ClO/c1-12-10-13-6-2-3-7-14(13)17(11-12)19-16-9-5-4-8-15(16)18/h2-5,7-11,17H,6H2,1H3. The van der Waals surface area contributed by atoms with Crippen molar-refractivity contribution in [3.8, 4) is 5.75 Å². The number of hydrogen-bond acceptors (Lipinski definition) is 1. The van der Waals surface area contributed by atoms with Gasteiger partial charge in [0.1, 0.15) is 11.9 Å². The zero-order valence-electron chi connectivity index (χ0n) is 10.8. The lowest BCUT2D eigenvalue weighted by Crippen LogP contribution is -2.22. The third-order valence-corrected chi connectivity index (χ3v) is 3.65. The van der Waals surface area contributed by atoms with Gasteiger partial charge in [0.2, 0.25) is 0 Å². The maximum Gasteiger partial charge on any atom is 0.143 e. The predicted octanol–water partition coefficient (Wildman–Crippen LogP) is 4.86. The van der Waals surface area contributed by atoms with Crippen molar-refractivity contribution in [1.82, 2.24) is 0 Å². The molecule has 2 aliphatic carbocycles. The van der Waals surface area contributed by atoms with Crippen LogP contribution < -0.4 is 4.74 Å². The number of hydrogen-bond donors (Lipinski definition) is 0. The van der Waals surface area contributed by atoms with Gasteiger partial charge in [0, 0.05) is 0 Å². The molecule has 0 heterocycles. The van der Waals surface area contributed by atoms with E-state index in [1.54, 1.807) is 0 Å². The third-order valence-electron chi connectivity index (χ3n) is 3.33. The van der Waals surface area contributed by atoms with Crippen LogP contribution in [0, 0.1) is 0 Å². The van der Waals surface area contributed by atoms with E-state index in [9.17, 15) is 0 Å². The molecule has 0 amide bonds. The van der Waals surface area contributed by atoms with Crippen LogP contribution in [0.5, 0.6) is 5.75 Å². The Bertz CT molecular complexity index is 620.